The molecule has 0 aliphatic carbocycles. The third kappa shape index (κ3) is 2.15. The number of ether oxygens (including phenoxy) is 2. The van der Waals surface area contributed by atoms with E-state index in [1.165, 1.54) is 0 Å². The zero-order valence-electron chi connectivity index (χ0n) is 9.81. The van der Waals surface area contributed by atoms with Gasteiger partial charge in [0.25, 0.3) is 0 Å². The molecule has 1 heterocycles. The van der Waals surface area contributed by atoms with E-state index in [1.54, 1.807) is 20.4 Å². The van der Waals surface area contributed by atoms with E-state index in [9.17, 15) is 0 Å². The maximum atomic E-state index is 5.85. The molecule has 0 aliphatic heterocycles. The standard InChI is InChI=1S/C13H14N2O2/c1-16-9-5-6-10(12(8-9)17-2)11-4-3-7-15-13(11)14/h3-8H,1-2H3,(H2,14,15). The number of nitrogens with zero attached hydrogens (tertiary/aromatic N) is 1. The van der Waals surface area contributed by atoms with Crippen molar-refractivity contribution in [3.05, 3.63) is 36.5 Å². The van der Waals surface area contributed by atoms with Gasteiger partial charge in [0.1, 0.15) is 17.3 Å². The Kier molecular flexibility index (Phi) is 3.14. The minimum absolute atomic E-state index is 0.482. The molecule has 88 valence electrons. The first kappa shape index (κ1) is 11.3. The summed E-state index contributed by atoms with van der Waals surface area (Å²) in [5.74, 6) is 1.94. The normalized spacial score (nSPS) is 10.0. The molecule has 4 nitrogen and oxygen atoms in total. The Bertz CT molecular complexity index is 527. The SMILES string of the molecule is COc1ccc(-c2cccnc2N)c(OC)c1. The van der Waals surface area contributed by atoms with Crippen LogP contribution in [-0.2, 0) is 0 Å². The largest absolute Gasteiger partial charge is 0.497 e. The summed E-state index contributed by atoms with van der Waals surface area (Å²) in [5, 5.41) is 0. The number of hydrogen-bond donors (Lipinski definition) is 1. The van der Waals surface area contributed by atoms with Crippen LogP contribution < -0.4 is 15.2 Å². The number of pyridine rings is 1. The zero-order valence-corrected chi connectivity index (χ0v) is 9.81. The fraction of sp³-hybridized carbons (Fsp3) is 0.154. The average Bonchev–Trinajstić information content (AvgIpc) is 2.38. The van der Waals surface area contributed by atoms with Crippen molar-refractivity contribution in [2.24, 2.45) is 0 Å². The second-order valence-electron chi connectivity index (χ2n) is 3.50. The Hall–Kier alpha value is -2.23. The van der Waals surface area contributed by atoms with Gasteiger partial charge in [0.2, 0.25) is 0 Å². The van der Waals surface area contributed by atoms with Crippen LogP contribution >= 0.6 is 0 Å². The van der Waals surface area contributed by atoms with Crippen molar-refractivity contribution in [2.75, 3.05) is 20.0 Å². The van der Waals surface area contributed by atoms with Crippen molar-refractivity contribution >= 4 is 5.82 Å². The molecule has 0 fully saturated rings. The van der Waals surface area contributed by atoms with Gasteiger partial charge in [-0.25, -0.2) is 4.98 Å². The van der Waals surface area contributed by atoms with Crippen LogP contribution in [0.2, 0.25) is 0 Å². The zero-order chi connectivity index (χ0) is 12.3. The van der Waals surface area contributed by atoms with E-state index in [-0.39, 0.29) is 0 Å². The summed E-state index contributed by atoms with van der Waals surface area (Å²) < 4.78 is 10.5. The maximum absolute atomic E-state index is 5.85. The smallest absolute Gasteiger partial charge is 0.131 e. The number of methoxy groups -OCH3 is 2. The summed E-state index contributed by atoms with van der Waals surface area (Å²) in [5.41, 5.74) is 7.60. The van der Waals surface area contributed by atoms with Gasteiger partial charge in [-0.05, 0) is 24.3 Å². The Morgan fingerprint density at radius 1 is 1.06 bits per heavy atom. The fourth-order valence-electron chi connectivity index (χ4n) is 1.67. The molecule has 0 saturated heterocycles. The van der Waals surface area contributed by atoms with Crippen LogP contribution in [0, 0.1) is 0 Å². The number of aromatic nitrogens is 1. The lowest BCUT2D eigenvalue weighted by atomic mass is 10.1. The number of benzene rings is 1. The number of nitrogens with two attached hydrogens (primary N) is 1. The predicted molar refractivity (Wildman–Crippen MR) is 67.2 cm³/mol. The minimum atomic E-state index is 0.482. The van der Waals surface area contributed by atoms with Gasteiger partial charge in [-0.3, -0.25) is 0 Å². The second-order valence-corrected chi connectivity index (χ2v) is 3.50. The first-order valence-electron chi connectivity index (χ1n) is 5.19. The molecule has 0 unspecified atom stereocenters. The third-order valence-corrected chi connectivity index (χ3v) is 2.54. The lowest BCUT2D eigenvalue weighted by Gasteiger charge is -2.11. The maximum Gasteiger partial charge on any atom is 0.131 e. The van der Waals surface area contributed by atoms with Crippen molar-refractivity contribution in [1.29, 1.82) is 0 Å². The van der Waals surface area contributed by atoms with Gasteiger partial charge in [-0.2, -0.15) is 0 Å². The topological polar surface area (TPSA) is 57.4 Å². The average molecular weight is 230 g/mol. The molecule has 1 aromatic heterocycles. The first-order chi connectivity index (χ1) is 8.26. The summed E-state index contributed by atoms with van der Waals surface area (Å²) in [7, 11) is 3.23. The quantitative estimate of drug-likeness (QED) is 0.879. The van der Waals surface area contributed by atoms with E-state index in [1.807, 2.05) is 30.3 Å². The van der Waals surface area contributed by atoms with Gasteiger partial charge in [-0.1, -0.05) is 0 Å². The van der Waals surface area contributed by atoms with E-state index < -0.39 is 0 Å². The highest BCUT2D eigenvalue weighted by Gasteiger charge is 2.10. The summed E-state index contributed by atoms with van der Waals surface area (Å²) in [6.07, 6.45) is 1.66. The van der Waals surface area contributed by atoms with E-state index in [0.29, 0.717) is 11.6 Å². The van der Waals surface area contributed by atoms with Crippen LogP contribution in [0.3, 0.4) is 0 Å². The molecule has 17 heavy (non-hydrogen) atoms. The monoisotopic (exact) mass is 230 g/mol. The molecule has 0 saturated carbocycles. The Morgan fingerprint density at radius 3 is 2.53 bits per heavy atom. The highest BCUT2D eigenvalue weighted by molar-refractivity contribution is 5.78. The van der Waals surface area contributed by atoms with E-state index in [2.05, 4.69) is 4.98 Å². The van der Waals surface area contributed by atoms with Crippen LogP contribution in [0.4, 0.5) is 5.82 Å². The van der Waals surface area contributed by atoms with Crippen molar-refractivity contribution in [3.8, 4) is 22.6 Å². The molecule has 4 heteroatoms. The molecule has 0 radical (unpaired) electrons. The van der Waals surface area contributed by atoms with Crippen molar-refractivity contribution < 1.29 is 9.47 Å². The van der Waals surface area contributed by atoms with Gasteiger partial charge in [0, 0.05) is 23.4 Å². The molecule has 2 rings (SSSR count). The molecule has 2 aromatic rings. The Balaban J connectivity index is 2.56. The van der Waals surface area contributed by atoms with Crippen molar-refractivity contribution in [3.63, 3.8) is 0 Å². The lowest BCUT2D eigenvalue weighted by molar-refractivity contribution is 0.395. The molecule has 0 spiro atoms. The van der Waals surface area contributed by atoms with Crippen molar-refractivity contribution in [2.45, 2.75) is 0 Å². The van der Waals surface area contributed by atoms with Crippen LogP contribution in [0.25, 0.3) is 11.1 Å². The van der Waals surface area contributed by atoms with E-state index in [4.69, 9.17) is 15.2 Å². The summed E-state index contributed by atoms with van der Waals surface area (Å²) in [4.78, 5) is 4.06. The van der Waals surface area contributed by atoms with Crippen molar-refractivity contribution in [1.82, 2.24) is 4.98 Å². The molecule has 0 atom stereocenters. The summed E-state index contributed by atoms with van der Waals surface area (Å²) >= 11 is 0. The third-order valence-electron chi connectivity index (χ3n) is 2.54. The highest BCUT2D eigenvalue weighted by atomic mass is 16.5. The van der Waals surface area contributed by atoms with Crippen LogP contribution in [0.15, 0.2) is 36.5 Å². The van der Waals surface area contributed by atoms with Gasteiger partial charge < -0.3 is 15.2 Å². The van der Waals surface area contributed by atoms with Gasteiger partial charge in [-0.15, -0.1) is 0 Å². The minimum Gasteiger partial charge on any atom is -0.497 e. The van der Waals surface area contributed by atoms with E-state index in [0.717, 1.165) is 16.9 Å². The molecule has 0 bridgehead atoms. The molecular weight excluding hydrogens is 216 g/mol. The molecule has 0 amide bonds. The number of hydrogen-bond acceptors (Lipinski definition) is 4. The van der Waals surface area contributed by atoms with Gasteiger partial charge in [0.15, 0.2) is 0 Å². The fourth-order valence-corrected chi connectivity index (χ4v) is 1.67. The van der Waals surface area contributed by atoms with Gasteiger partial charge in [0.05, 0.1) is 14.2 Å². The molecule has 1 aromatic carbocycles. The number of anilines is 1. The first-order valence-corrected chi connectivity index (χ1v) is 5.19. The van der Waals surface area contributed by atoms with Crippen LogP contribution in [0.1, 0.15) is 0 Å². The number of rotatable bonds is 3. The summed E-state index contributed by atoms with van der Waals surface area (Å²) in [6, 6.07) is 9.35. The van der Waals surface area contributed by atoms with Crippen LogP contribution in [0.5, 0.6) is 11.5 Å². The van der Waals surface area contributed by atoms with Crippen LogP contribution in [-0.4, -0.2) is 19.2 Å². The summed E-state index contributed by atoms with van der Waals surface area (Å²) in [6.45, 7) is 0. The Morgan fingerprint density at radius 2 is 1.88 bits per heavy atom. The molecule has 0 aliphatic rings. The predicted octanol–water partition coefficient (Wildman–Crippen LogP) is 2.35. The van der Waals surface area contributed by atoms with E-state index >= 15 is 0 Å². The highest BCUT2D eigenvalue weighted by Crippen LogP contribution is 2.35. The Labute approximate surface area is 100 Å². The molecule has 2 N–H and O–H groups in total. The lowest BCUT2D eigenvalue weighted by Crippen LogP contribution is -1.95. The number of nitrogen functional groups attached to an aromatic ring is 1. The molecular formula is C13H14N2O2. The second kappa shape index (κ2) is 4.74. The van der Waals surface area contributed by atoms with Gasteiger partial charge >= 0.3 is 0 Å².